The highest BCUT2D eigenvalue weighted by Crippen LogP contribution is 2.09. The Hall–Kier alpha value is -2.09. The number of guanidine groups is 1. The van der Waals surface area contributed by atoms with Crippen molar-refractivity contribution < 1.29 is 4.39 Å². The number of aliphatic imine (C=N–C) groups is 1. The molecule has 0 radical (unpaired) electrons. The van der Waals surface area contributed by atoms with E-state index in [1.54, 1.807) is 26.2 Å². The highest BCUT2D eigenvalue weighted by atomic mass is 19.1. The van der Waals surface area contributed by atoms with Crippen LogP contribution in [-0.4, -0.2) is 20.1 Å². The predicted octanol–water partition coefficient (Wildman–Crippen LogP) is 0.992. The maximum absolute atomic E-state index is 13.4. The first-order valence-corrected chi connectivity index (χ1v) is 4.78. The van der Waals surface area contributed by atoms with Crippen molar-refractivity contribution >= 4 is 5.96 Å². The lowest BCUT2D eigenvalue weighted by Gasteiger charge is -2.09. The van der Waals surface area contributed by atoms with Gasteiger partial charge >= 0.3 is 0 Å². The molecule has 4 nitrogen and oxygen atoms in total. The molecule has 84 valence electrons. The fraction of sp³-hybridized carbons (Fsp3) is 0.273. The van der Waals surface area contributed by atoms with Gasteiger partial charge in [-0.1, -0.05) is 6.07 Å². The van der Waals surface area contributed by atoms with Crippen LogP contribution >= 0.6 is 0 Å². The second-order valence-electron chi connectivity index (χ2n) is 3.09. The van der Waals surface area contributed by atoms with Gasteiger partial charge in [-0.15, -0.1) is 0 Å². The van der Waals surface area contributed by atoms with E-state index in [-0.39, 0.29) is 0 Å². The summed E-state index contributed by atoms with van der Waals surface area (Å²) in [6.07, 6.45) is 0. The number of halogens is 1. The summed E-state index contributed by atoms with van der Waals surface area (Å²) in [5.74, 6) is 0.196. The van der Waals surface area contributed by atoms with Crippen LogP contribution in [-0.2, 0) is 6.54 Å². The molecular weight excluding hydrogens is 207 g/mol. The standard InChI is InChI=1S/C11H13FN4/c1-14-11(15-2)16-7-9-4-3-8(6-13)5-10(9)12/h3-5H,7H2,1-2H3,(H2,14,15,16). The summed E-state index contributed by atoms with van der Waals surface area (Å²) in [7, 11) is 3.36. The SMILES string of the molecule is CN=C(NC)NCc1ccc(C#N)cc1F. The van der Waals surface area contributed by atoms with Crippen LogP contribution in [0.1, 0.15) is 11.1 Å². The third kappa shape index (κ3) is 2.95. The molecule has 1 rings (SSSR count). The number of nitrogens with zero attached hydrogens (tertiary/aromatic N) is 2. The molecule has 16 heavy (non-hydrogen) atoms. The number of rotatable bonds is 2. The molecule has 0 spiro atoms. The molecule has 0 fully saturated rings. The second kappa shape index (κ2) is 5.71. The first kappa shape index (κ1) is 12.0. The predicted molar refractivity (Wildman–Crippen MR) is 60.4 cm³/mol. The van der Waals surface area contributed by atoms with Crippen molar-refractivity contribution in [1.82, 2.24) is 10.6 Å². The van der Waals surface area contributed by atoms with Crippen LogP contribution < -0.4 is 10.6 Å². The van der Waals surface area contributed by atoms with Gasteiger partial charge in [-0.05, 0) is 12.1 Å². The second-order valence-corrected chi connectivity index (χ2v) is 3.09. The molecule has 0 saturated carbocycles. The Labute approximate surface area is 93.8 Å². The highest BCUT2D eigenvalue weighted by molar-refractivity contribution is 5.79. The first-order chi connectivity index (χ1) is 7.71. The van der Waals surface area contributed by atoms with Crippen LogP contribution in [0.3, 0.4) is 0 Å². The Bertz CT molecular complexity index is 434. The first-order valence-electron chi connectivity index (χ1n) is 4.78. The molecule has 0 aromatic heterocycles. The van der Waals surface area contributed by atoms with Crippen LogP contribution in [0, 0.1) is 17.1 Å². The third-order valence-corrected chi connectivity index (χ3v) is 2.09. The van der Waals surface area contributed by atoms with Crippen molar-refractivity contribution in [2.45, 2.75) is 6.54 Å². The van der Waals surface area contributed by atoms with Gasteiger partial charge in [0.1, 0.15) is 5.82 Å². The van der Waals surface area contributed by atoms with Gasteiger partial charge in [0.05, 0.1) is 11.6 Å². The monoisotopic (exact) mass is 220 g/mol. The summed E-state index contributed by atoms with van der Waals surface area (Å²) in [4.78, 5) is 3.90. The van der Waals surface area contributed by atoms with Gasteiger partial charge in [0.2, 0.25) is 0 Å². The van der Waals surface area contributed by atoms with E-state index in [9.17, 15) is 4.39 Å². The molecule has 0 aliphatic rings. The Morgan fingerprint density at radius 1 is 1.56 bits per heavy atom. The zero-order valence-electron chi connectivity index (χ0n) is 9.21. The Balaban J connectivity index is 2.72. The normalized spacial score (nSPS) is 10.8. The number of benzene rings is 1. The molecule has 0 amide bonds. The van der Waals surface area contributed by atoms with Crippen molar-refractivity contribution in [1.29, 1.82) is 5.26 Å². The molecule has 5 heteroatoms. The van der Waals surface area contributed by atoms with E-state index in [0.717, 1.165) is 0 Å². The lowest BCUT2D eigenvalue weighted by atomic mass is 10.1. The summed E-state index contributed by atoms with van der Waals surface area (Å²) < 4.78 is 13.4. The fourth-order valence-corrected chi connectivity index (χ4v) is 1.22. The molecule has 0 heterocycles. The van der Waals surface area contributed by atoms with E-state index in [2.05, 4.69) is 15.6 Å². The Kier molecular flexibility index (Phi) is 4.28. The van der Waals surface area contributed by atoms with Crippen molar-refractivity contribution in [3.8, 4) is 6.07 Å². The van der Waals surface area contributed by atoms with E-state index < -0.39 is 5.82 Å². The summed E-state index contributed by atoms with van der Waals surface area (Å²) >= 11 is 0. The van der Waals surface area contributed by atoms with E-state index >= 15 is 0 Å². The van der Waals surface area contributed by atoms with E-state index in [4.69, 9.17) is 5.26 Å². The third-order valence-electron chi connectivity index (χ3n) is 2.09. The van der Waals surface area contributed by atoms with Crippen LogP contribution in [0.5, 0.6) is 0 Å². The smallest absolute Gasteiger partial charge is 0.190 e. The summed E-state index contributed by atoms with van der Waals surface area (Å²) in [6, 6.07) is 6.28. The van der Waals surface area contributed by atoms with Gasteiger partial charge in [-0.25, -0.2) is 4.39 Å². The number of nitrogens with one attached hydrogen (secondary N) is 2. The van der Waals surface area contributed by atoms with Gasteiger partial charge < -0.3 is 10.6 Å². The van der Waals surface area contributed by atoms with E-state index in [0.29, 0.717) is 23.6 Å². The minimum absolute atomic E-state index is 0.319. The van der Waals surface area contributed by atoms with E-state index in [1.165, 1.54) is 6.07 Å². The maximum atomic E-state index is 13.4. The summed E-state index contributed by atoms with van der Waals surface area (Å²) in [6.45, 7) is 0.324. The van der Waals surface area contributed by atoms with Crippen molar-refractivity contribution in [3.63, 3.8) is 0 Å². The molecule has 0 atom stereocenters. The largest absolute Gasteiger partial charge is 0.359 e. The van der Waals surface area contributed by atoms with Crippen molar-refractivity contribution in [3.05, 3.63) is 35.1 Å². The molecule has 0 saturated heterocycles. The lowest BCUT2D eigenvalue weighted by molar-refractivity contribution is 0.604. The quantitative estimate of drug-likeness (QED) is 0.577. The van der Waals surface area contributed by atoms with Crippen LogP contribution in [0.25, 0.3) is 0 Å². The Morgan fingerprint density at radius 2 is 2.31 bits per heavy atom. The maximum Gasteiger partial charge on any atom is 0.190 e. The molecule has 1 aromatic rings. The summed E-state index contributed by atoms with van der Waals surface area (Å²) in [5.41, 5.74) is 0.814. The molecular formula is C11H13FN4. The number of nitriles is 1. The van der Waals surface area contributed by atoms with Crippen LogP contribution in [0.4, 0.5) is 4.39 Å². The number of hydrogen-bond acceptors (Lipinski definition) is 2. The van der Waals surface area contributed by atoms with Gasteiger partial charge in [-0.2, -0.15) is 5.26 Å². The van der Waals surface area contributed by atoms with E-state index in [1.807, 2.05) is 6.07 Å². The molecule has 0 bridgehead atoms. The molecule has 0 unspecified atom stereocenters. The van der Waals surface area contributed by atoms with Gasteiger partial charge in [-0.3, -0.25) is 4.99 Å². The lowest BCUT2D eigenvalue weighted by Crippen LogP contribution is -2.34. The van der Waals surface area contributed by atoms with Gasteiger partial charge in [0, 0.05) is 26.2 Å². The van der Waals surface area contributed by atoms with Gasteiger partial charge in [0.25, 0.3) is 0 Å². The minimum atomic E-state index is -0.391. The number of hydrogen-bond donors (Lipinski definition) is 2. The fourth-order valence-electron chi connectivity index (χ4n) is 1.22. The van der Waals surface area contributed by atoms with Crippen LogP contribution in [0.15, 0.2) is 23.2 Å². The topological polar surface area (TPSA) is 60.2 Å². The average Bonchev–Trinajstić information content (AvgIpc) is 2.32. The summed E-state index contributed by atoms with van der Waals surface area (Å²) in [5, 5.41) is 14.3. The molecule has 2 N–H and O–H groups in total. The zero-order chi connectivity index (χ0) is 12.0. The molecule has 0 aliphatic heterocycles. The Morgan fingerprint density at radius 3 is 2.81 bits per heavy atom. The van der Waals surface area contributed by atoms with Gasteiger partial charge in [0.15, 0.2) is 5.96 Å². The molecule has 0 aliphatic carbocycles. The molecule has 1 aromatic carbocycles. The van der Waals surface area contributed by atoms with Crippen molar-refractivity contribution in [2.24, 2.45) is 4.99 Å². The van der Waals surface area contributed by atoms with Crippen LogP contribution in [0.2, 0.25) is 0 Å². The van der Waals surface area contributed by atoms with Crippen molar-refractivity contribution in [2.75, 3.05) is 14.1 Å². The average molecular weight is 220 g/mol. The highest BCUT2D eigenvalue weighted by Gasteiger charge is 2.03. The zero-order valence-corrected chi connectivity index (χ0v) is 9.21. The minimum Gasteiger partial charge on any atom is -0.359 e.